The standard InChI is InChI=1S/C30H36N4O5/c1-3-30-20-24-23-19-22(39-18-17-37-2)9-10-25(23)31-26(24)27(21-7-5-4-6-8-21)34(30)29(36)33(28(30)35)12-11-32-13-15-38-16-14-32/h4-10,19,27,31H,3,11-18,20H2,1-2H3. The maximum absolute atomic E-state index is 14.2. The summed E-state index contributed by atoms with van der Waals surface area (Å²) < 4.78 is 16.5. The maximum Gasteiger partial charge on any atom is 0.328 e. The highest BCUT2D eigenvalue weighted by Crippen LogP contribution is 2.50. The van der Waals surface area contributed by atoms with Crippen LogP contribution in [0.15, 0.2) is 48.5 Å². The number of amides is 3. The zero-order valence-corrected chi connectivity index (χ0v) is 22.7. The zero-order chi connectivity index (χ0) is 27.0. The number of hydrogen-bond acceptors (Lipinski definition) is 6. The van der Waals surface area contributed by atoms with Gasteiger partial charge in [0.15, 0.2) is 0 Å². The fraction of sp³-hybridized carbons (Fsp3) is 0.467. The Kier molecular flexibility index (Phi) is 7.05. The SMILES string of the molecule is CCC12Cc3c([nH]c4ccc(OCCOC)cc34)C(c3ccccc3)N1C(=O)N(CCN1CCOCC1)C2=O. The average Bonchev–Trinajstić information content (AvgIpc) is 3.43. The Hall–Kier alpha value is -3.40. The molecule has 2 atom stereocenters. The molecular formula is C30H36N4O5. The molecule has 6 rings (SSSR count). The number of H-pyrrole nitrogens is 1. The molecule has 0 saturated carbocycles. The molecule has 1 N–H and O–H groups in total. The fourth-order valence-electron chi connectivity index (χ4n) is 6.36. The number of rotatable bonds is 9. The van der Waals surface area contributed by atoms with Crippen LogP contribution < -0.4 is 4.74 Å². The predicted molar refractivity (Wildman–Crippen MR) is 147 cm³/mol. The van der Waals surface area contributed by atoms with E-state index in [9.17, 15) is 9.59 Å². The number of nitrogens with zero attached hydrogens (tertiary/aromatic N) is 3. The second kappa shape index (κ2) is 10.6. The summed E-state index contributed by atoms with van der Waals surface area (Å²) in [7, 11) is 1.65. The van der Waals surface area contributed by atoms with Crippen molar-refractivity contribution < 1.29 is 23.8 Å². The van der Waals surface area contributed by atoms with Crippen molar-refractivity contribution in [1.82, 2.24) is 19.7 Å². The van der Waals surface area contributed by atoms with E-state index in [1.807, 2.05) is 60.4 Å². The highest BCUT2D eigenvalue weighted by atomic mass is 16.5. The second-order valence-electron chi connectivity index (χ2n) is 10.5. The summed E-state index contributed by atoms with van der Waals surface area (Å²) >= 11 is 0. The van der Waals surface area contributed by atoms with Gasteiger partial charge in [-0.05, 0) is 35.7 Å². The first-order valence-electron chi connectivity index (χ1n) is 13.8. The van der Waals surface area contributed by atoms with Crippen molar-refractivity contribution in [2.75, 3.05) is 59.7 Å². The molecule has 3 amide bonds. The van der Waals surface area contributed by atoms with E-state index < -0.39 is 11.6 Å². The second-order valence-corrected chi connectivity index (χ2v) is 10.5. The molecular weight excluding hydrogens is 496 g/mol. The number of ether oxygens (including phenoxy) is 3. The molecule has 0 aliphatic carbocycles. The van der Waals surface area contributed by atoms with Crippen LogP contribution in [0.2, 0.25) is 0 Å². The molecule has 1 aromatic heterocycles. The van der Waals surface area contributed by atoms with E-state index in [-0.39, 0.29) is 11.9 Å². The Bertz CT molecular complexity index is 1350. The Morgan fingerprint density at radius 3 is 2.59 bits per heavy atom. The molecule has 9 nitrogen and oxygen atoms in total. The lowest BCUT2D eigenvalue weighted by atomic mass is 9.78. The minimum atomic E-state index is -0.947. The van der Waals surface area contributed by atoms with Crippen LogP contribution in [-0.4, -0.2) is 96.9 Å². The fourth-order valence-corrected chi connectivity index (χ4v) is 6.36. The normalized spacial score (nSPS) is 23.4. The quantitative estimate of drug-likeness (QED) is 0.335. The first-order chi connectivity index (χ1) is 19.1. The van der Waals surface area contributed by atoms with Gasteiger partial charge in [-0.1, -0.05) is 37.3 Å². The van der Waals surface area contributed by atoms with Crippen LogP contribution in [-0.2, 0) is 20.7 Å². The smallest absolute Gasteiger partial charge is 0.328 e. The van der Waals surface area contributed by atoms with Gasteiger partial charge in [-0.15, -0.1) is 0 Å². The van der Waals surface area contributed by atoms with Gasteiger partial charge in [0.05, 0.1) is 19.8 Å². The number of aromatic amines is 1. The Morgan fingerprint density at radius 1 is 1.05 bits per heavy atom. The molecule has 2 unspecified atom stereocenters. The van der Waals surface area contributed by atoms with Crippen molar-refractivity contribution in [2.45, 2.75) is 31.3 Å². The summed E-state index contributed by atoms with van der Waals surface area (Å²) in [4.78, 5) is 37.6. The lowest BCUT2D eigenvalue weighted by Gasteiger charge is -2.44. The molecule has 0 radical (unpaired) electrons. The highest BCUT2D eigenvalue weighted by Gasteiger charge is 2.61. The summed E-state index contributed by atoms with van der Waals surface area (Å²) in [5.41, 5.74) is 3.04. The van der Waals surface area contributed by atoms with Crippen molar-refractivity contribution in [2.24, 2.45) is 0 Å². The molecule has 4 heterocycles. The number of nitrogens with one attached hydrogen (secondary N) is 1. The molecule has 2 fully saturated rings. The number of urea groups is 1. The summed E-state index contributed by atoms with van der Waals surface area (Å²) in [5.74, 6) is 0.656. The van der Waals surface area contributed by atoms with Gasteiger partial charge in [0.1, 0.15) is 23.9 Å². The Morgan fingerprint density at radius 2 is 1.85 bits per heavy atom. The molecule has 39 heavy (non-hydrogen) atoms. The molecule has 0 bridgehead atoms. The van der Waals surface area contributed by atoms with Crippen LogP contribution in [0, 0.1) is 0 Å². The van der Waals surface area contributed by atoms with Crippen molar-refractivity contribution in [3.8, 4) is 5.75 Å². The monoisotopic (exact) mass is 532 g/mol. The van der Waals surface area contributed by atoms with E-state index in [1.54, 1.807) is 7.11 Å². The van der Waals surface area contributed by atoms with Gasteiger partial charge in [-0.2, -0.15) is 0 Å². The summed E-state index contributed by atoms with van der Waals surface area (Å²) in [6, 6.07) is 15.4. The van der Waals surface area contributed by atoms with E-state index in [0.29, 0.717) is 52.4 Å². The molecule has 2 saturated heterocycles. The molecule has 206 valence electrons. The third-order valence-electron chi connectivity index (χ3n) is 8.45. The van der Waals surface area contributed by atoms with Gasteiger partial charge < -0.3 is 19.2 Å². The summed E-state index contributed by atoms with van der Waals surface area (Å²) in [6.07, 6.45) is 0.993. The van der Waals surface area contributed by atoms with Crippen LogP contribution in [0.4, 0.5) is 4.79 Å². The van der Waals surface area contributed by atoms with Crippen molar-refractivity contribution in [3.63, 3.8) is 0 Å². The predicted octanol–water partition coefficient (Wildman–Crippen LogP) is 3.58. The van der Waals surface area contributed by atoms with Gasteiger partial charge in [-0.25, -0.2) is 4.79 Å². The third kappa shape index (κ3) is 4.38. The molecule has 3 aromatic rings. The molecule has 0 spiro atoms. The number of aromatic nitrogens is 1. The maximum atomic E-state index is 14.2. The molecule has 9 heteroatoms. The van der Waals surface area contributed by atoms with E-state index in [4.69, 9.17) is 14.2 Å². The summed E-state index contributed by atoms with van der Waals surface area (Å²) in [5, 5.41) is 1.03. The van der Waals surface area contributed by atoms with Crippen LogP contribution in [0.1, 0.15) is 36.2 Å². The van der Waals surface area contributed by atoms with Crippen molar-refractivity contribution in [1.29, 1.82) is 0 Å². The first-order valence-corrected chi connectivity index (χ1v) is 13.8. The van der Waals surface area contributed by atoms with E-state index >= 15 is 0 Å². The van der Waals surface area contributed by atoms with Gasteiger partial charge >= 0.3 is 6.03 Å². The zero-order valence-electron chi connectivity index (χ0n) is 22.7. The van der Waals surface area contributed by atoms with Gasteiger partial charge in [0.25, 0.3) is 5.91 Å². The average molecular weight is 533 g/mol. The van der Waals surface area contributed by atoms with Crippen molar-refractivity contribution in [3.05, 3.63) is 65.4 Å². The number of benzene rings is 2. The molecule has 2 aromatic carbocycles. The highest BCUT2D eigenvalue weighted by molar-refractivity contribution is 6.08. The van der Waals surface area contributed by atoms with Crippen LogP contribution in [0.5, 0.6) is 5.75 Å². The molecule has 3 aliphatic heterocycles. The largest absolute Gasteiger partial charge is 0.491 e. The van der Waals surface area contributed by atoms with Crippen molar-refractivity contribution >= 4 is 22.8 Å². The van der Waals surface area contributed by atoms with Crippen LogP contribution in [0.3, 0.4) is 0 Å². The minimum absolute atomic E-state index is 0.100. The number of imide groups is 1. The lowest BCUT2D eigenvalue weighted by molar-refractivity contribution is -0.134. The Balaban J connectivity index is 1.42. The van der Waals surface area contributed by atoms with Gasteiger partial charge in [0, 0.05) is 56.3 Å². The number of morpholine rings is 1. The Labute approximate surface area is 228 Å². The van der Waals surface area contributed by atoms with Gasteiger partial charge in [0.2, 0.25) is 0 Å². The first kappa shape index (κ1) is 25.9. The van der Waals surface area contributed by atoms with Crippen LogP contribution >= 0.6 is 0 Å². The number of hydrogen-bond donors (Lipinski definition) is 1. The molecule has 3 aliphatic rings. The minimum Gasteiger partial charge on any atom is -0.491 e. The number of carbonyl (C=O) groups excluding carboxylic acids is 2. The summed E-state index contributed by atoms with van der Waals surface area (Å²) in [6.45, 7) is 7.01. The number of methoxy groups -OCH3 is 1. The number of carbonyl (C=O) groups is 2. The van der Waals surface area contributed by atoms with Gasteiger partial charge in [-0.3, -0.25) is 19.5 Å². The third-order valence-corrected chi connectivity index (χ3v) is 8.45. The lowest BCUT2D eigenvalue weighted by Crippen LogP contribution is -2.55. The van der Waals surface area contributed by atoms with E-state index in [2.05, 4.69) is 9.88 Å². The van der Waals surface area contributed by atoms with Crippen LogP contribution in [0.25, 0.3) is 10.9 Å². The van der Waals surface area contributed by atoms with E-state index in [1.165, 1.54) is 4.90 Å². The number of fused-ring (bicyclic) bond motifs is 4. The topological polar surface area (TPSA) is 87.3 Å². The van der Waals surface area contributed by atoms with E-state index in [0.717, 1.165) is 46.6 Å².